The monoisotopic (exact) mass is 254 g/mol. The van der Waals surface area contributed by atoms with Gasteiger partial charge < -0.3 is 19.7 Å². The third-order valence-corrected chi connectivity index (χ3v) is 2.73. The molecule has 2 rings (SSSR count). The molecule has 7 heteroatoms. The van der Waals surface area contributed by atoms with Gasteiger partial charge in [0, 0.05) is 19.2 Å². The number of carboxylic acid groups (broad SMARTS) is 1. The zero-order valence-electron chi connectivity index (χ0n) is 9.72. The molecule has 98 valence electrons. The number of amides is 1. The van der Waals surface area contributed by atoms with Crippen LogP contribution in [0, 0.1) is 0 Å². The Bertz CT molecular complexity index is 436. The summed E-state index contributed by atoms with van der Waals surface area (Å²) in [6, 6.07) is 1.10. The molecular weight excluding hydrogens is 240 g/mol. The summed E-state index contributed by atoms with van der Waals surface area (Å²) < 4.78 is 9.90. The first-order valence-corrected chi connectivity index (χ1v) is 5.76. The van der Waals surface area contributed by atoms with Gasteiger partial charge in [0.05, 0.1) is 6.10 Å². The van der Waals surface area contributed by atoms with E-state index in [1.54, 1.807) is 0 Å². The molecule has 0 aliphatic carbocycles. The van der Waals surface area contributed by atoms with Crippen molar-refractivity contribution in [3.8, 4) is 0 Å². The fraction of sp³-hybridized carbons (Fsp3) is 0.545. The third-order valence-electron chi connectivity index (χ3n) is 2.73. The predicted molar refractivity (Wildman–Crippen MR) is 59.4 cm³/mol. The van der Waals surface area contributed by atoms with E-state index in [0.29, 0.717) is 6.54 Å². The van der Waals surface area contributed by atoms with Crippen molar-refractivity contribution >= 4 is 11.9 Å². The quantitative estimate of drug-likeness (QED) is 0.800. The lowest BCUT2D eigenvalue weighted by molar-refractivity contribution is 0.0650. The number of carbonyl (C=O) groups is 2. The van der Waals surface area contributed by atoms with E-state index in [-0.39, 0.29) is 17.6 Å². The van der Waals surface area contributed by atoms with Gasteiger partial charge in [0.25, 0.3) is 5.91 Å². The van der Waals surface area contributed by atoms with E-state index in [1.165, 1.54) is 0 Å². The van der Waals surface area contributed by atoms with Crippen molar-refractivity contribution in [2.24, 2.45) is 0 Å². The van der Waals surface area contributed by atoms with Crippen molar-refractivity contribution in [2.45, 2.75) is 25.4 Å². The smallest absolute Gasteiger partial charge is 0.374 e. The van der Waals surface area contributed by atoms with Crippen LogP contribution in [0.3, 0.4) is 0 Å². The second-order valence-electron chi connectivity index (χ2n) is 4.06. The molecule has 0 aromatic carbocycles. The van der Waals surface area contributed by atoms with E-state index in [0.717, 1.165) is 31.9 Å². The Morgan fingerprint density at radius 2 is 2.39 bits per heavy atom. The Labute approximate surface area is 103 Å². The molecular formula is C11H14N2O5. The third kappa shape index (κ3) is 3.07. The summed E-state index contributed by atoms with van der Waals surface area (Å²) >= 11 is 0. The van der Waals surface area contributed by atoms with Crippen LogP contribution in [-0.2, 0) is 4.74 Å². The molecule has 1 aliphatic heterocycles. The number of hydrogen-bond acceptors (Lipinski definition) is 5. The molecule has 2 N–H and O–H groups in total. The van der Waals surface area contributed by atoms with Gasteiger partial charge in [-0.25, -0.2) is 4.79 Å². The van der Waals surface area contributed by atoms with Crippen LogP contribution in [0.15, 0.2) is 10.6 Å². The number of nitrogens with one attached hydrogen (secondary N) is 1. The average Bonchev–Trinajstić information content (AvgIpc) is 2.99. The fourth-order valence-corrected chi connectivity index (χ4v) is 1.79. The van der Waals surface area contributed by atoms with Crippen molar-refractivity contribution in [1.82, 2.24) is 10.5 Å². The lowest BCUT2D eigenvalue weighted by Crippen LogP contribution is -2.27. The van der Waals surface area contributed by atoms with Gasteiger partial charge in [-0.2, -0.15) is 0 Å². The highest BCUT2D eigenvalue weighted by Gasteiger charge is 2.18. The van der Waals surface area contributed by atoms with E-state index in [4.69, 9.17) is 9.84 Å². The Morgan fingerprint density at radius 1 is 1.56 bits per heavy atom. The normalized spacial score (nSPS) is 18.8. The Morgan fingerprint density at radius 3 is 3.00 bits per heavy atom. The minimum atomic E-state index is -1.25. The number of carbonyl (C=O) groups excluding carboxylic acids is 1. The number of ether oxygens (including phenoxy) is 1. The van der Waals surface area contributed by atoms with Gasteiger partial charge in [-0.3, -0.25) is 4.79 Å². The van der Waals surface area contributed by atoms with Crippen LogP contribution >= 0.6 is 0 Å². The lowest BCUT2D eigenvalue weighted by Gasteiger charge is -2.08. The van der Waals surface area contributed by atoms with Crippen LogP contribution < -0.4 is 5.32 Å². The molecule has 0 spiro atoms. The highest BCUT2D eigenvalue weighted by atomic mass is 16.5. The summed E-state index contributed by atoms with van der Waals surface area (Å²) in [6.07, 6.45) is 3.03. The largest absolute Gasteiger partial charge is 0.475 e. The number of carboxylic acids is 1. The van der Waals surface area contributed by atoms with Crippen LogP contribution in [0.25, 0.3) is 0 Å². The second kappa shape index (κ2) is 5.63. The van der Waals surface area contributed by atoms with Crippen molar-refractivity contribution in [3.63, 3.8) is 0 Å². The molecule has 1 aromatic heterocycles. The zero-order valence-corrected chi connectivity index (χ0v) is 9.72. The van der Waals surface area contributed by atoms with Crippen LogP contribution in [0.2, 0.25) is 0 Å². The number of aromatic carboxylic acids is 1. The molecule has 0 bridgehead atoms. The SMILES string of the molecule is O=C(NCCC1CCCO1)c1cc(C(=O)O)on1. The van der Waals surface area contributed by atoms with Crippen molar-refractivity contribution in [2.75, 3.05) is 13.2 Å². The minimum absolute atomic E-state index is 0.0280. The van der Waals surface area contributed by atoms with Gasteiger partial charge in [0.15, 0.2) is 5.69 Å². The number of hydrogen-bond donors (Lipinski definition) is 2. The standard InChI is InChI=1S/C11H14N2O5/c14-10(8-6-9(11(15)16)18-13-8)12-4-3-7-2-1-5-17-7/h6-7H,1-5H2,(H,12,14)(H,15,16). The molecule has 7 nitrogen and oxygen atoms in total. The molecule has 1 unspecified atom stereocenters. The first-order chi connectivity index (χ1) is 8.66. The first kappa shape index (κ1) is 12.6. The Hall–Kier alpha value is -1.89. The highest BCUT2D eigenvalue weighted by molar-refractivity contribution is 5.94. The van der Waals surface area contributed by atoms with Crippen LogP contribution in [0.1, 0.15) is 40.3 Å². The number of nitrogens with zero attached hydrogens (tertiary/aromatic N) is 1. The summed E-state index contributed by atoms with van der Waals surface area (Å²) in [5.41, 5.74) is -0.0280. The maximum atomic E-state index is 11.6. The topological polar surface area (TPSA) is 102 Å². The fourth-order valence-electron chi connectivity index (χ4n) is 1.79. The van der Waals surface area contributed by atoms with Crippen molar-refractivity contribution in [3.05, 3.63) is 17.5 Å². The molecule has 1 aromatic rings. The molecule has 1 fully saturated rings. The minimum Gasteiger partial charge on any atom is -0.475 e. The van der Waals surface area contributed by atoms with Gasteiger partial charge in [0.2, 0.25) is 5.76 Å². The van der Waals surface area contributed by atoms with Gasteiger partial charge in [-0.1, -0.05) is 5.16 Å². The highest BCUT2D eigenvalue weighted by Crippen LogP contribution is 2.14. The maximum Gasteiger partial charge on any atom is 0.374 e. The molecule has 2 heterocycles. The van der Waals surface area contributed by atoms with E-state index >= 15 is 0 Å². The van der Waals surface area contributed by atoms with Gasteiger partial charge >= 0.3 is 5.97 Å². The second-order valence-corrected chi connectivity index (χ2v) is 4.06. The van der Waals surface area contributed by atoms with E-state index in [1.807, 2.05) is 0 Å². The van der Waals surface area contributed by atoms with Crippen molar-refractivity contribution < 1.29 is 24.0 Å². The van der Waals surface area contributed by atoms with Gasteiger partial charge in [-0.05, 0) is 19.3 Å². The summed E-state index contributed by atoms with van der Waals surface area (Å²) in [4.78, 5) is 22.1. The molecule has 18 heavy (non-hydrogen) atoms. The van der Waals surface area contributed by atoms with Crippen LogP contribution in [0.4, 0.5) is 0 Å². The van der Waals surface area contributed by atoms with Gasteiger partial charge in [-0.15, -0.1) is 0 Å². The van der Waals surface area contributed by atoms with Crippen molar-refractivity contribution in [1.29, 1.82) is 0 Å². The van der Waals surface area contributed by atoms with E-state index in [2.05, 4.69) is 15.0 Å². The van der Waals surface area contributed by atoms with E-state index < -0.39 is 11.9 Å². The van der Waals surface area contributed by atoms with Crippen LogP contribution in [0.5, 0.6) is 0 Å². The Balaban J connectivity index is 1.77. The van der Waals surface area contributed by atoms with Crippen LogP contribution in [-0.4, -0.2) is 41.4 Å². The molecule has 1 aliphatic rings. The summed E-state index contributed by atoms with van der Waals surface area (Å²) in [6.45, 7) is 1.25. The molecule has 0 radical (unpaired) electrons. The van der Waals surface area contributed by atoms with E-state index in [9.17, 15) is 9.59 Å². The molecule has 1 atom stereocenters. The predicted octanol–water partition coefficient (Wildman–Crippen LogP) is 0.672. The maximum absolute atomic E-state index is 11.6. The summed E-state index contributed by atoms with van der Waals surface area (Å²) in [7, 11) is 0. The molecule has 1 saturated heterocycles. The lowest BCUT2D eigenvalue weighted by atomic mass is 10.2. The number of aromatic nitrogens is 1. The zero-order chi connectivity index (χ0) is 13.0. The molecule has 1 amide bonds. The summed E-state index contributed by atoms with van der Waals surface area (Å²) in [5.74, 6) is -2.04. The first-order valence-electron chi connectivity index (χ1n) is 5.76. The summed E-state index contributed by atoms with van der Waals surface area (Å²) in [5, 5.41) is 14.6. The number of rotatable bonds is 5. The molecule has 0 saturated carbocycles. The van der Waals surface area contributed by atoms with Gasteiger partial charge in [0.1, 0.15) is 0 Å². The average molecular weight is 254 g/mol. The Kier molecular flexibility index (Phi) is 3.93.